The van der Waals surface area contributed by atoms with E-state index in [1.54, 1.807) is 36.6 Å². The van der Waals surface area contributed by atoms with Gasteiger partial charge >= 0.3 is 11.9 Å². The zero-order chi connectivity index (χ0) is 24.5. The average molecular weight is 477 g/mol. The number of pyridine rings is 1. The molecule has 2 N–H and O–H groups in total. The van der Waals surface area contributed by atoms with Gasteiger partial charge in [-0.1, -0.05) is 18.2 Å². The van der Waals surface area contributed by atoms with Gasteiger partial charge in [0.15, 0.2) is 23.2 Å². The van der Waals surface area contributed by atoms with Gasteiger partial charge in [-0.2, -0.15) is 18.3 Å². The van der Waals surface area contributed by atoms with Crippen molar-refractivity contribution in [2.75, 3.05) is 6.67 Å². The Hall–Kier alpha value is -3.87. The summed E-state index contributed by atoms with van der Waals surface area (Å²) in [5, 5.41) is 14.4. The molecule has 178 valence electrons. The van der Waals surface area contributed by atoms with Crippen LogP contribution in [-0.4, -0.2) is 58.3 Å². The van der Waals surface area contributed by atoms with E-state index in [1.165, 1.54) is 10.9 Å². The molecule has 0 aliphatic heterocycles. The van der Waals surface area contributed by atoms with Gasteiger partial charge in [0, 0.05) is 6.20 Å². The molecule has 0 amide bonds. The van der Waals surface area contributed by atoms with Gasteiger partial charge in [0.2, 0.25) is 0 Å². The Morgan fingerprint density at radius 3 is 2.82 bits per heavy atom. The number of hydrogen-bond donors (Lipinski definition) is 2. The van der Waals surface area contributed by atoms with Gasteiger partial charge in [-0.3, -0.25) is 9.55 Å². The molecule has 1 atom stereocenters. The molecule has 0 aromatic carbocycles. The first-order valence-corrected chi connectivity index (χ1v) is 10.1. The van der Waals surface area contributed by atoms with E-state index >= 15 is 0 Å². The number of rotatable bonds is 7. The minimum atomic E-state index is -4.89. The lowest BCUT2D eigenvalue weighted by atomic mass is 10.2. The Morgan fingerprint density at radius 1 is 1.32 bits per heavy atom. The van der Waals surface area contributed by atoms with Crippen molar-refractivity contribution in [2.24, 2.45) is 0 Å². The molecule has 0 saturated heterocycles. The third kappa shape index (κ3) is 4.46. The monoisotopic (exact) mass is 477 g/mol. The van der Waals surface area contributed by atoms with Gasteiger partial charge in [-0.15, -0.1) is 0 Å². The summed E-state index contributed by atoms with van der Waals surface area (Å²) in [6.45, 7) is 0.245. The fourth-order valence-electron chi connectivity index (χ4n) is 3.36. The summed E-state index contributed by atoms with van der Waals surface area (Å²) in [6.07, 6.45) is 0.244. The topological polar surface area (TPSA) is 115 Å². The van der Waals surface area contributed by atoms with Crippen LogP contribution in [0.5, 0.6) is 0 Å². The number of allylic oxidation sites excluding steroid dienone is 4. The number of alkyl halides is 4. The maximum absolute atomic E-state index is 13.5. The van der Waals surface area contributed by atoms with Crippen molar-refractivity contribution in [3.63, 3.8) is 0 Å². The maximum Gasteiger partial charge on any atom is 0.416 e. The second kappa shape index (κ2) is 9.17. The molecule has 4 rings (SSSR count). The van der Waals surface area contributed by atoms with E-state index in [9.17, 15) is 27.5 Å². The standard InChI is InChI=1S/C21H19F4N7O2/c1-2-3-5-12(8-22)10-32-19-13(6-4-7-26-19)16(30-32)18-27-9-14-17(28-18)29-20(34)31(14)11-15(33)21(23,24)25/h2-7,9,15,33H,8,10-11H2,1H3,(H,27,28,29,34). The summed E-state index contributed by atoms with van der Waals surface area (Å²) in [4.78, 5) is 27.3. The number of nitrogens with zero attached hydrogens (tertiary/aromatic N) is 6. The second-order valence-electron chi connectivity index (χ2n) is 7.39. The Labute approximate surface area is 189 Å². The van der Waals surface area contributed by atoms with Crippen LogP contribution in [-0.2, 0) is 13.1 Å². The number of aliphatic hydroxyl groups is 1. The molecule has 4 aromatic rings. The van der Waals surface area contributed by atoms with E-state index in [4.69, 9.17) is 0 Å². The lowest BCUT2D eigenvalue weighted by molar-refractivity contribution is -0.207. The molecule has 9 nitrogen and oxygen atoms in total. The third-order valence-corrected chi connectivity index (χ3v) is 5.03. The fourth-order valence-corrected chi connectivity index (χ4v) is 3.36. The summed E-state index contributed by atoms with van der Waals surface area (Å²) in [5.41, 5.74) is 0.323. The number of aromatic nitrogens is 7. The Morgan fingerprint density at radius 2 is 2.12 bits per heavy atom. The number of aliphatic hydroxyl groups excluding tert-OH is 1. The molecule has 0 saturated carbocycles. The normalized spacial score (nSPS) is 14.0. The summed E-state index contributed by atoms with van der Waals surface area (Å²) in [7, 11) is 0. The molecule has 4 aromatic heterocycles. The number of fused-ring (bicyclic) bond motifs is 2. The molecular weight excluding hydrogens is 458 g/mol. The van der Waals surface area contributed by atoms with Crippen molar-refractivity contribution in [3.05, 3.63) is 58.8 Å². The highest BCUT2D eigenvalue weighted by molar-refractivity contribution is 5.90. The number of hydrogen-bond acceptors (Lipinski definition) is 6. The largest absolute Gasteiger partial charge is 0.416 e. The van der Waals surface area contributed by atoms with Crippen molar-refractivity contribution in [1.82, 2.24) is 34.3 Å². The predicted octanol–water partition coefficient (Wildman–Crippen LogP) is 2.93. The van der Waals surface area contributed by atoms with Gasteiger partial charge in [0.1, 0.15) is 17.9 Å². The van der Waals surface area contributed by atoms with E-state index in [0.717, 1.165) is 4.57 Å². The minimum Gasteiger partial charge on any atom is -0.382 e. The van der Waals surface area contributed by atoms with Crippen molar-refractivity contribution >= 4 is 22.2 Å². The van der Waals surface area contributed by atoms with Crippen molar-refractivity contribution in [1.29, 1.82) is 0 Å². The smallest absolute Gasteiger partial charge is 0.382 e. The molecule has 0 aliphatic carbocycles. The molecule has 0 fully saturated rings. The van der Waals surface area contributed by atoms with Crippen molar-refractivity contribution in [2.45, 2.75) is 32.3 Å². The number of imidazole rings is 1. The van der Waals surface area contributed by atoms with Gasteiger partial charge < -0.3 is 5.11 Å². The van der Waals surface area contributed by atoms with Crippen LogP contribution in [0.15, 0.2) is 53.1 Å². The van der Waals surface area contributed by atoms with Gasteiger partial charge in [-0.25, -0.2) is 28.8 Å². The predicted molar refractivity (Wildman–Crippen MR) is 116 cm³/mol. The zero-order valence-corrected chi connectivity index (χ0v) is 17.8. The van der Waals surface area contributed by atoms with Crippen LogP contribution in [0, 0.1) is 0 Å². The number of nitrogens with one attached hydrogen (secondary N) is 1. The molecule has 1 unspecified atom stereocenters. The van der Waals surface area contributed by atoms with E-state index in [0.29, 0.717) is 22.3 Å². The van der Waals surface area contributed by atoms with Crippen LogP contribution in [0.25, 0.3) is 33.7 Å². The highest BCUT2D eigenvalue weighted by Gasteiger charge is 2.39. The lowest BCUT2D eigenvalue weighted by Crippen LogP contribution is -2.35. The molecule has 0 radical (unpaired) electrons. The second-order valence-corrected chi connectivity index (χ2v) is 7.39. The van der Waals surface area contributed by atoms with Crippen LogP contribution in [0.3, 0.4) is 0 Å². The molecule has 4 heterocycles. The summed E-state index contributed by atoms with van der Waals surface area (Å²) in [6, 6.07) is 3.41. The van der Waals surface area contributed by atoms with Crippen molar-refractivity contribution < 1.29 is 22.7 Å². The van der Waals surface area contributed by atoms with Crippen LogP contribution < -0.4 is 5.69 Å². The summed E-state index contributed by atoms with van der Waals surface area (Å²) in [5.74, 6) is 0.0910. The number of halogens is 4. The Kier molecular flexibility index (Phi) is 6.28. The molecular formula is C21H19F4N7O2. The number of aromatic amines is 1. The highest BCUT2D eigenvalue weighted by atomic mass is 19.4. The first-order chi connectivity index (χ1) is 16.2. The summed E-state index contributed by atoms with van der Waals surface area (Å²) >= 11 is 0. The van der Waals surface area contributed by atoms with Gasteiger partial charge in [-0.05, 0) is 24.6 Å². The first-order valence-electron chi connectivity index (χ1n) is 10.1. The van der Waals surface area contributed by atoms with E-state index in [-0.39, 0.29) is 23.5 Å². The Balaban J connectivity index is 1.77. The zero-order valence-electron chi connectivity index (χ0n) is 17.8. The molecule has 0 spiro atoms. The highest BCUT2D eigenvalue weighted by Crippen LogP contribution is 2.26. The molecule has 0 bridgehead atoms. The van der Waals surface area contributed by atoms with Gasteiger partial charge in [0.25, 0.3) is 0 Å². The molecule has 34 heavy (non-hydrogen) atoms. The van der Waals surface area contributed by atoms with Crippen LogP contribution in [0.2, 0.25) is 0 Å². The maximum atomic E-state index is 13.5. The van der Waals surface area contributed by atoms with E-state index in [1.807, 2.05) is 6.92 Å². The summed E-state index contributed by atoms with van der Waals surface area (Å²) < 4.78 is 53.9. The SMILES string of the molecule is CC=CC=C(CF)Cn1nc(-c2ncc3c(n2)[nH]c(=O)n3CC(O)C(F)(F)F)c2cccnc21. The van der Waals surface area contributed by atoms with E-state index in [2.05, 4.69) is 25.0 Å². The van der Waals surface area contributed by atoms with Crippen LogP contribution in [0.1, 0.15) is 6.92 Å². The van der Waals surface area contributed by atoms with Crippen LogP contribution >= 0.6 is 0 Å². The van der Waals surface area contributed by atoms with Gasteiger partial charge in [0.05, 0.1) is 24.7 Å². The molecule has 13 heteroatoms. The van der Waals surface area contributed by atoms with Crippen molar-refractivity contribution in [3.8, 4) is 11.5 Å². The number of H-pyrrole nitrogens is 1. The Bertz CT molecular complexity index is 1450. The third-order valence-electron chi connectivity index (χ3n) is 5.03. The first kappa shape index (κ1) is 23.3. The quantitative estimate of drug-likeness (QED) is 0.313. The minimum absolute atomic E-state index is 0.00656. The average Bonchev–Trinajstić information content (AvgIpc) is 3.32. The van der Waals surface area contributed by atoms with E-state index < -0.39 is 31.2 Å². The lowest BCUT2D eigenvalue weighted by Gasteiger charge is -2.14. The molecule has 0 aliphatic rings. The fraction of sp³-hybridized carbons (Fsp3) is 0.286. The van der Waals surface area contributed by atoms with Crippen LogP contribution in [0.4, 0.5) is 17.6 Å².